The molecular formula is C15H13NO4. The molecule has 0 fully saturated rings. The largest absolute Gasteiger partial charge is 0.506 e. The van der Waals surface area contributed by atoms with E-state index in [-0.39, 0.29) is 5.76 Å². The van der Waals surface area contributed by atoms with Gasteiger partial charge in [0.15, 0.2) is 0 Å². The van der Waals surface area contributed by atoms with Crippen LogP contribution in [0.2, 0.25) is 0 Å². The van der Waals surface area contributed by atoms with Crippen LogP contribution in [-0.2, 0) is 16.1 Å². The normalized spacial score (nSPS) is 11.3. The summed E-state index contributed by atoms with van der Waals surface area (Å²) >= 11 is 0. The molecule has 0 radical (unpaired) electrons. The van der Waals surface area contributed by atoms with Gasteiger partial charge in [-0.25, -0.2) is 4.79 Å². The molecule has 2 N–H and O–H groups in total. The number of carbonyl (C=O) groups excluding carboxylic acids is 1. The molecule has 2 aromatic rings. The maximum atomic E-state index is 11.1. The third-order valence-electron chi connectivity index (χ3n) is 2.77. The van der Waals surface area contributed by atoms with Crippen molar-refractivity contribution in [2.24, 2.45) is 0 Å². The van der Waals surface area contributed by atoms with Crippen LogP contribution in [0.1, 0.15) is 11.3 Å². The van der Waals surface area contributed by atoms with Crippen LogP contribution in [0.25, 0.3) is 5.76 Å². The van der Waals surface area contributed by atoms with Gasteiger partial charge in [0.2, 0.25) is 0 Å². The number of benzene rings is 1. The fourth-order valence-electron chi connectivity index (χ4n) is 1.82. The first-order chi connectivity index (χ1) is 9.58. The lowest BCUT2D eigenvalue weighted by Gasteiger charge is -2.08. The minimum atomic E-state index is -1.60. The van der Waals surface area contributed by atoms with E-state index in [1.54, 1.807) is 22.9 Å². The molecule has 5 heteroatoms. The van der Waals surface area contributed by atoms with Crippen molar-refractivity contribution in [1.29, 1.82) is 0 Å². The number of aliphatic carboxylic acids is 1. The van der Waals surface area contributed by atoms with Crippen molar-refractivity contribution in [2.75, 3.05) is 0 Å². The molecule has 0 atom stereocenters. The zero-order valence-corrected chi connectivity index (χ0v) is 10.6. The summed E-state index contributed by atoms with van der Waals surface area (Å²) in [7, 11) is 0. The van der Waals surface area contributed by atoms with Crippen LogP contribution in [0.15, 0.2) is 54.7 Å². The van der Waals surface area contributed by atoms with Crippen LogP contribution in [0, 0.1) is 0 Å². The van der Waals surface area contributed by atoms with Gasteiger partial charge in [-0.3, -0.25) is 4.79 Å². The summed E-state index contributed by atoms with van der Waals surface area (Å²) in [5.74, 6) is -3.12. The lowest BCUT2D eigenvalue weighted by Crippen LogP contribution is -2.10. The number of ketones is 1. The number of aliphatic hydroxyl groups is 1. The number of aliphatic hydroxyl groups excluding tert-OH is 1. The Morgan fingerprint density at radius 1 is 1.05 bits per heavy atom. The monoisotopic (exact) mass is 271 g/mol. The number of hydrogen-bond donors (Lipinski definition) is 2. The molecule has 1 heterocycles. The quantitative estimate of drug-likeness (QED) is 0.496. The summed E-state index contributed by atoms with van der Waals surface area (Å²) < 4.78 is 1.73. The minimum Gasteiger partial charge on any atom is -0.506 e. The number of aromatic nitrogens is 1. The van der Waals surface area contributed by atoms with Gasteiger partial charge < -0.3 is 14.8 Å². The van der Waals surface area contributed by atoms with Crippen molar-refractivity contribution in [3.05, 3.63) is 66.0 Å². The highest BCUT2D eigenvalue weighted by molar-refractivity contribution is 6.38. The average molecular weight is 271 g/mol. The molecule has 0 saturated carbocycles. The van der Waals surface area contributed by atoms with Gasteiger partial charge in [0.25, 0.3) is 5.78 Å². The van der Waals surface area contributed by atoms with Crippen molar-refractivity contribution in [1.82, 2.24) is 4.57 Å². The molecule has 1 aromatic heterocycles. The molecule has 20 heavy (non-hydrogen) atoms. The maximum Gasteiger partial charge on any atom is 0.376 e. The fraction of sp³-hybridized carbons (Fsp3) is 0.0667. The number of carboxylic acids is 1. The van der Waals surface area contributed by atoms with Crippen molar-refractivity contribution in [3.63, 3.8) is 0 Å². The number of carboxylic acid groups (broad SMARTS) is 1. The van der Waals surface area contributed by atoms with Gasteiger partial charge in [0, 0.05) is 18.8 Å². The molecule has 1 aromatic carbocycles. The Kier molecular flexibility index (Phi) is 4.00. The van der Waals surface area contributed by atoms with E-state index < -0.39 is 11.8 Å². The van der Waals surface area contributed by atoms with E-state index in [1.165, 1.54) is 0 Å². The highest BCUT2D eigenvalue weighted by Crippen LogP contribution is 2.14. The standard InChI is InChI=1S/C15H13NO4/c17-13(9-14(18)15(19)20)12-7-4-8-16(12)10-11-5-2-1-3-6-11/h1-9,17H,10H2,(H,19,20). The van der Waals surface area contributed by atoms with E-state index in [4.69, 9.17) is 5.11 Å². The molecule has 0 saturated heterocycles. The molecule has 0 bridgehead atoms. The molecule has 102 valence electrons. The first-order valence-electron chi connectivity index (χ1n) is 5.95. The Hall–Kier alpha value is -2.82. The van der Waals surface area contributed by atoms with Gasteiger partial charge in [-0.15, -0.1) is 0 Å². The van der Waals surface area contributed by atoms with Gasteiger partial charge >= 0.3 is 5.97 Å². The Morgan fingerprint density at radius 2 is 1.75 bits per heavy atom. The minimum absolute atomic E-state index is 0.363. The lowest BCUT2D eigenvalue weighted by molar-refractivity contribution is -0.146. The molecule has 0 aliphatic carbocycles. The molecule has 2 rings (SSSR count). The lowest BCUT2D eigenvalue weighted by atomic mass is 10.2. The number of nitrogens with zero attached hydrogens (tertiary/aromatic N) is 1. The molecule has 0 spiro atoms. The summed E-state index contributed by atoms with van der Waals surface area (Å²) in [6, 6.07) is 12.9. The second kappa shape index (κ2) is 5.88. The van der Waals surface area contributed by atoms with E-state index in [9.17, 15) is 14.7 Å². The molecule has 0 aliphatic rings. The highest BCUT2D eigenvalue weighted by Gasteiger charge is 2.12. The second-order valence-electron chi connectivity index (χ2n) is 4.21. The van der Waals surface area contributed by atoms with Crippen LogP contribution < -0.4 is 0 Å². The first-order valence-corrected chi connectivity index (χ1v) is 5.95. The summed E-state index contributed by atoms with van der Waals surface area (Å²) in [5, 5.41) is 18.4. The summed E-state index contributed by atoms with van der Waals surface area (Å²) in [6.45, 7) is 0.516. The summed E-state index contributed by atoms with van der Waals surface area (Å²) in [4.78, 5) is 21.5. The van der Waals surface area contributed by atoms with Crippen molar-refractivity contribution in [2.45, 2.75) is 6.54 Å². The molecule has 5 nitrogen and oxygen atoms in total. The fourth-order valence-corrected chi connectivity index (χ4v) is 1.82. The summed E-state index contributed by atoms with van der Waals surface area (Å²) in [6.07, 6.45) is 2.46. The Labute approximate surface area is 115 Å². The zero-order chi connectivity index (χ0) is 14.5. The molecular weight excluding hydrogens is 258 g/mol. The van der Waals surface area contributed by atoms with Crippen molar-refractivity contribution >= 4 is 17.5 Å². The zero-order valence-electron chi connectivity index (χ0n) is 10.6. The van der Waals surface area contributed by atoms with Crippen LogP contribution in [0.3, 0.4) is 0 Å². The Morgan fingerprint density at radius 3 is 2.40 bits per heavy atom. The van der Waals surface area contributed by atoms with Gasteiger partial charge in [-0.2, -0.15) is 0 Å². The van der Waals surface area contributed by atoms with Gasteiger partial charge in [-0.1, -0.05) is 30.3 Å². The number of hydrogen-bond acceptors (Lipinski definition) is 3. The topological polar surface area (TPSA) is 79.5 Å². The maximum absolute atomic E-state index is 11.1. The Bertz CT molecular complexity index is 656. The van der Waals surface area contributed by atoms with Crippen molar-refractivity contribution < 1.29 is 19.8 Å². The average Bonchev–Trinajstić information content (AvgIpc) is 2.88. The third kappa shape index (κ3) is 3.14. The van der Waals surface area contributed by atoms with Gasteiger partial charge in [-0.05, 0) is 17.7 Å². The smallest absolute Gasteiger partial charge is 0.376 e. The Balaban J connectivity index is 2.25. The molecule has 0 aliphatic heterocycles. The van der Waals surface area contributed by atoms with Crippen LogP contribution in [0.4, 0.5) is 0 Å². The van der Waals surface area contributed by atoms with E-state index >= 15 is 0 Å². The van der Waals surface area contributed by atoms with E-state index in [0.717, 1.165) is 5.56 Å². The van der Waals surface area contributed by atoms with Crippen molar-refractivity contribution in [3.8, 4) is 0 Å². The third-order valence-corrected chi connectivity index (χ3v) is 2.77. The number of rotatable bonds is 5. The van der Waals surface area contributed by atoms with E-state index in [0.29, 0.717) is 18.3 Å². The molecule has 0 unspecified atom stereocenters. The first kappa shape index (κ1) is 13.6. The van der Waals surface area contributed by atoms with E-state index in [1.807, 2.05) is 30.3 Å². The van der Waals surface area contributed by atoms with Gasteiger partial charge in [0.05, 0.1) is 5.69 Å². The van der Waals surface area contributed by atoms with Crippen LogP contribution in [0.5, 0.6) is 0 Å². The van der Waals surface area contributed by atoms with E-state index in [2.05, 4.69) is 0 Å². The highest BCUT2D eigenvalue weighted by atomic mass is 16.4. The van der Waals surface area contributed by atoms with Crippen LogP contribution >= 0.6 is 0 Å². The summed E-state index contributed by atoms with van der Waals surface area (Å²) in [5.41, 5.74) is 1.42. The second-order valence-corrected chi connectivity index (χ2v) is 4.21. The van der Waals surface area contributed by atoms with Gasteiger partial charge in [0.1, 0.15) is 5.76 Å². The molecule has 0 amide bonds. The predicted octanol–water partition coefficient (Wildman–Crippen LogP) is 2.09. The SMILES string of the molecule is O=C(O)C(=O)C=C(O)c1cccn1Cc1ccccc1. The predicted molar refractivity (Wildman–Crippen MR) is 73.2 cm³/mol. The van der Waals surface area contributed by atoms with Crippen LogP contribution in [-0.4, -0.2) is 26.5 Å². The number of carbonyl (C=O) groups is 2.